The fraction of sp³-hybridized carbons (Fsp3) is 0.435. The average Bonchev–Trinajstić information content (AvgIpc) is 2.62. The predicted molar refractivity (Wildman–Crippen MR) is 111 cm³/mol. The van der Waals surface area contributed by atoms with Crippen LogP contribution in [0.4, 0.5) is 5.69 Å². The van der Waals surface area contributed by atoms with Crippen LogP contribution in [0.5, 0.6) is 0 Å². The molecule has 1 unspecified atom stereocenters. The van der Waals surface area contributed by atoms with Gasteiger partial charge in [-0.3, -0.25) is 0 Å². The lowest BCUT2D eigenvalue weighted by atomic mass is 9.92. The van der Waals surface area contributed by atoms with Gasteiger partial charge in [-0.05, 0) is 73.1 Å². The second-order valence-electron chi connectivity index (χ2n) is 7.08. The third kappa shape index (κ3) is 4.94. The summed E-state index contributed by atoms with van der Waals surface area (Å²) in [6.07, 6.45) is 4.39. The number of rotatable bonds is 7. The Balaban J connectivity index is 2.28. The van der Waals surface area contributed by atoms with Crippen molar-refractivity contribution in [2.75, 3.05) is 13.6 Å². The number of nitrogens with zero attached hydrogens (tertiary/aromatic N) is 2. The first kappa shape index (κ1) is 19.2. The van der Waals surface area contributed by atoms with E-state index in [0.29, 0.717) is 5.92 Å². The molecular formula is C23H32N2. The van der Waals surface area contributed by atoms with Crippen molar-refractivity contribution in [2.24, 2.45) is 4.99 Å². The van der Waals surface area contributed by atoms with Gasteiger partial charge in [0.25, 0.3) is 0 Å². The Hall–Kier alpha value is -2.09. The van der Waals surface area contributed by atoms with Crippen LogP contribution in [0.1, 0.15) is 56.2 Å². The maximum Gasteiger partial charge on any atom is 0.0909 e. The van der Waals surface area contributed by atoms with Gasteiger partial charge >= 0.3 is 0 Å². The highest BCUT2D eigenvalue weighted by atomic mass is 15.1. The molecule has 0 bridgehead atoms. The zero-order valence-corrected chi connectivity index (χ0v) is 16.6. The highest BCUT2D eigenvalue weighted by molar-refractivity contribution is 5.73. The first-order chi connectivity index (χ1) is 12.0. The lowest BCUT2D eigenvalue weighted by molar-refractivity contribution is 0.552. The quantitative estimate of drug-likeness (QED) is 0.417. The van der Waals surface area contributed by atoms with E-state index in [1.807, 2.05) is 13.4 Å². The summed E-state index contributed by atoms with van der Waals surface area (Å²) >= 11 is 0. The lowest BCUT2D eigenvalue weighted by Crippen LogP contribution is -2.14. The lowest BCUT2D eigenvalue weighted by Gasteiger charge is -2.14. The van der Waals surface area contributed by atoms with Crippen molar-refractivity contribution in [3.05, 3.63) is 53.1 Å². The number of benzene rings is 2. The van der Waals surface area contributed by atoms with E-state index in [0.717, 1.165) is 12.2 Å². The van der Waals surface area contributed by atoms with E-state index >= 15 is 0 Å². The van der Waals surface area contributed by atoms with E-state index < -0.39 is 0 Å². The zero-order chi connectivity index (χ0) is 18.4. The van der Waals surface area contributed by atoms with Crippen LogP contribution < -0.4 is 0 Å². The van der Waals surface area contributed by atoms with Gasteiger partial charge in [0.05, 0.1) is 12.0 Å². The molecular weight excluding hydrogens is 304 g/mol. The standard InChI is InChI=1S/C23H32N2/c1-7-9-17(3)20-10-12-21(13-11-20)22-14-19(5)23(15-18(22)4)24-16-25(6)8-2/h10-17H,7-9H2,1-6H3/b24-16-. The second kappa shape index (κ2) is 8.84. The van der Waals surface area contributed by atoms with Gasteiger partial charge in [0.2, 0.25) is 0 Å². The Morgan fingerprint density at radius 1 is 1.04 bits per heavy atom. The summed E-state index contributed by atoms with van der Waals surface area (Å²) in [5, 5.41) is 0. The van der Waals surface area contributed by atoms with E-state index in [-0.39, 0.29) is 0 Å². The Morgan fingerprint density at radius 3 is 2.32 bits per heavy atom. The number of aryl methyl sites for hydroxylation is 2. The normalized spacial score (nSPS) is 12.6. The van der Waals surface area contributed by atoms with Crippen molar-refractivity contribution in [3.63, 3.8) is 0 Å². The minimum absolute atomic E-state index is 0.633. The van der Waals surface area contributed by atoms with E-state index in [9.17, 15) is 0 Å². The highest BCUT2D eigenvalue weighted by Crippen LogP contribution is 2.31. The van der Waals surface area contributed by atoms with Gasteiger partial charge in [-0.1, -0.05) is 44.5 Å². The molecule has 0 radical (unpaired) electrons. The number of hydrogen-bond acceptors (Lipinski definition) is 1. The molecule has 134 valence electrons. The summed E-state index contributed by atoms with van der Waals surface area (Å²) in [6, 6.07) is 13.5. The third-order valence-electron chi connectivity index (χ3n) is 4.95. The van der Waals surface area contributed by atoms with Gasteiger partial charge in [0.1, 0.15) is 0 Å². The van der Waals surface area contributed by atoms with Crippen LogP contribution >= 0.6 is 0 Å². The van der Waals surface area contributed by atoms with Gasteiger partial charge < -0.3 is 4.90 Å². The second-order valence-corrected chi connectivity index (χ2v) is 7.08. The monoisotopic (exact) mass is 336 g/mol. The van der Waals surface area contributed by atoms with Crippen LogP contribution in [-0.2, 0) is 0 Å². The van der Waals surface area contributed by atoms with Gasteiger partial charge in [-0.15, -0.1) is 0 Å². The molecule has 0 amide bonds. The molecule has 0 aliphatic carbocycles. The SMILES string of the molecule is CCCC(C)c1ccc(-c2cc(C)c(/N=C\N(C)CC)cc2C)cc1. The number of aliphatic imine (C=N–C) groups is 1. The molecule has 0 spiro atoms. The summed E-state index contributed by atoms with van der Waals surface area (Å²) in [5.74, 6) is 0.633. The third-order valence-corrected chi connectivity index (χ3v) is 4.95. The van der Waals surface area contributed by atoms with E-state index in [4.69, 9.17) is 0 Å². The van der Waals surface area contributed by atoms with Crippen molar-refractivity contribution in [3.8, 4) is 11.1 Å². The first-order valence-corrected chi connectivity index (χ1v) is 9.42. The number of hydrogen-bond donors (Lipinski definition) is 0. The molecule has 2 aromatic rings. The fourth-order valence-electron chi connectivity index (χ4n) is 3.08. The minimum atomic E-state index is 0.633. The van der Waals surface area contributed by atoms with Crippen molar-refractivity contribution >= 4 is 12.0 Å². The summed E-state index contributed by atoms with van der Waals surface area (Å²) < 4.78 is 0. The maximum atomic E-state index is 4.63. The molecule has 0 aliphatic rings. The molecule has 2 rings (SSSR count). The molecule has 0 aromatic heterocycles. The molecule has 0 aliphatic heterocycles. The van der Waals surface area contributed by atoms with E-state index in [2.05, 4.69) is 80.9 Å². The Kier molecular flexibility index (Phi) is 6.81. The molecule has 0 heterocycles. The van der Waals surface area contributed by atoms with Gasteiger partial charge in [0.15, 0.2) is 0 Å². The topological polar surface area (TPSA) is 15.6 Å². The van der Waals surface area contributed by atoms with Gasteiger partial charge in [-0.25, -0.2) is 4.99 Å². The van der Waals surface area contributed by atoms with E-state index in [1.165, 1.54) is 40.7 Å². The molecule has 2 heteroatoms. The van der Waals surface area contributed by atoms with Crippen LogP contribution in [0.2, 0.25) is 0 Å². The predicted octanol–water partition coefficient (Wildman–Crippen LogP) is 6.49. The minimum Gasteiger partial charge on any atom is -0.366 e. The molecule has 1 atom stereocenters. The Labute approximate surface area is 153 Å². The van der Waals surface area contributed by atoms with Crippen LogP contribution in [0.25, 0.3) is 11.1 Å². The van der Waals surface area contributed by atoms with Crippen LogP contribution in [-0.4, -0.2) is 24.8 Å². The van der Waals surface area contributed by atoms with Crippen LogP contribution in [0.15, 0.2) is 41.4 Å². The average molecular weight is 337 g/mol. The van der Waals surface area contributed by atoms with Crippen LogP contribution in [0.3, 0.4) is 0 Å². The summed E-state index contributed by atoms with van der Waals surface area (Å²) in [4.78, 5) is 6.71. The summed E-state index contributed by atoms with van der Waals surface area (Å²) in [6.45, 7) is 12.0. The molecule has 2 aromatic carbocycles. The molecule has 25 heavy (non-hydrogen) atoms. The van der Waals surface area contributed by atoms with Crippen molar-refractivity contribution < 1.29 is 0 Å². The Morgan fingerprint density at radius 2 is 1.72 bits per heavy atom. The van der Waals surface area contributed by atoms with Gasteiger partial charge in [0, 0.05) is 13.6 Å². The smallest absolute Gasteiger partial charge is 0.0909 e. The van der Waals surface area contributed by atoms with Crippen LogP contribution in [0, 0.1) is 13.8 Å². The van der Waals surface area contributed by atoms with Gasteiger partial charge in [-0.2, -0.15) is 0 Å². The molecule has 0 N–H and O–H groups in total. The van der Waals surface area contributed by atoms with Crippen molar-refractivity contribution in [2.45, 2.75) is 53.4 Å². The van der Waals surface area contributed by atoms with Crippen molar-refractivity contribution in [1.82, 2.24) is 4.90 Å². The molecule has 0 fully saturated rings. The fourth-order valence-corrected chi connectivity index (χ4v) is 3.08. The van der Waals surface area contributed by atoms with Crippen molar-refractivity contribution in [1.29, 1.82) is 0 Å². The molecule has 2 nitrogen and oxygen atoms in total. The Bertz CT molecular complexity index is 714. The van der Waals surface area contributed by atoms with E-state index in [1.54, 1.807) is 0 Å². The highest BCUT2D eigenvalue weighted by Gasteiger charge is 2.08. The molecule has 0 saturated carbocycles. The summed E-state index contributed by atoms with van der Waals surface area (Å²) in [5.41, 5.74) is 7.55. The summed E-state index contributed by atoms with van der Waals surface area (Å²) in [7, 11) is 2.04. The zero-order valence-electron chi connectivity index (χ0n) is 16.6. The maximum absolute atomic E-state index is 4.63. The first-order valence-electron chi connectivity index (χ1n) is 9.42. The molecule has 0 saturated heterocycles. The largest absolute Gasteiger partial charge is 0.366 e.